The van der Waals surface area contributed by atoms with Crippen molar-refractivity contribution < 1.29 is 38.4 Å². The van der Waals surface area contributed by atoms with E-state index in [0.717, 1.165) is 10.5 Å². The number of carbonyl (C=O) groups is 4. The number of anilines is 1. The van der Waals surface area contributed by atoms with Crippen LogP contribution in [0.2, 0.25) is 0 Å². The number of aromatic nitrogens is 1. The Morgan fingerprint density at radius 1 is 0.818 bits per heavy atom. The van der Waals surface area contributed by atoms with Crippen LogP contribution in [-0.2, 0) is 37.0 Å². The molecule has 1 fully saturated rings. The van der Waals surface area contributed by atoms with Crippen LogP contribution in [-0.4, -0.2) is 51.4 Å². The molecule has 0 N–H and O–H groups in total. The number of carbonyl (C=O) groups excluding carboxylic acids is 4. The molecular formula is C33H37N3O8. The molecule has 1 aromatic heterocycles. The first kappa shape index (κ1) is 32.2. The van der Waals surface area contributed by atoms with Crippen LogP contribution >= 0.6 is 0 Å². The number of rotatable bonds is 8. The smallest absolute Gasteiger partial charge is 0.425 e. The average molecular weight is 604 g/mol. The first-order valence-electron chi connectivity index (χ1n) is 14.2. The molecule has 3 amide bonds. The average Bonchev–Trinajstić information content (AvgIpc) is 2.95. The van der Waals surface area contributed by atoms with Gasteiger partial charge in [-0.2, -0.15) is 9.79 Å². The second kappa shape index (κ2) is 13.3. The highest BCUT2D eigenvalue weighted by atomic mass is 17.2. The summed E-state index contributed by atoms with van der Waals surface area (Å²) in [5, 5.41) is 0. The fraction of sp³-hybridized carbons (Fsp3) is 0.364. The molecule has 1 aliphatic rings. The topological polar surface area (TPSA) is 125 Å². The van der Waals surface area contributed by atoms with E-state index in [1.807, 2.05) is 30.3 Å². The minimum atomic E-state index is -0.959. The number of benzene rings is 2. The van der Waals surface area contributed by atoms with Gasteiger partial charge in [0.1, 0.15) is 17.0 Å². The summed E-state index contributed by atoms with van der Waals surface area (Å²) in [5.41, 5.74) is -0.0340. The molecule has 0 bridgehead atoms. The molecule has 0 unspecified atom stereocenters. The van der Waals surface area contributed by atoms with E-state index in [2.05, 4.69) is 4.98 Å². The SMILES string of the molecule is CC(C)(C)OC(=O)N(C(=O)OC(C)(C)C)c1cc(C[C@H]2C(=O)N(Cc3ccccc3)[C@@H]2OOC(=O)c2ccccc2)ccn1. The number of nitrogens with zero attached hydrogens (tertiary/aromatic N) is 3. The highest BCUT2D eigenvalue weighted by molar-refractivity contribution is 6.08. The highest BCUT2D eigenvalue weighted by Gasteiger charge is 2.50. The molecule has 2 aromatic carbocycles. The lowest BCUT2D eigenvalue weighted by atomic mass is 9.88. The minimum absolute atomic E-state index is 0.0353. The van der Waals surface area contributed by atoms with E-state index < -0.39 is 41.5 Å². The molecule has 2 atom stereocenters. The largest absolute Gasteiger partial charge is 0.443 e. The zero-order valence-corrected chi connectivity index (χ0v) is 25.7. The molecule has 2 heterocycles. The summed E-state index contributed by atoms with van der Waals surface area (Å²) in [6, 6.07) is 20.9. The maximum Gasteiger partial charge on any atom is 0.425 e. The van der Waals surface area contributed by atoms with Crippen LogP contribution in [0.5, 0.6) is 0 Å². The molecule has 0 aliphatic carbocycles. The number of amides is 3. The third kappa shape index (κ3) is 8.41. The van der Waals surface area contributed by atoms with E-state index in [0.29, 0.717) is 11.1 Å². The third-order valence-electron chi connectivity index (χ3n) is 6.33. The maximum absolute atomic E-state index is 13.4. The van der Waals surface area contributed by atoms with Crippen molar-refractivity contribution in [2.24, 2.45) is 5.92 Å². The van der Waals surface area contributed by atoms with Crippen LogP contribution in [0.15, 0.2) is 79.0 Å². The quantitative estimate of drug-likeness (QED) is 0.171. The molecule has 232 valence electrons. The minimum Gasteiger partial charge on any atom is -0.443 e. The van der Waals surface area contributed by atoms with Crippen LogP contribution in [0.3, 0.4) is 0 Å². The van der Waals surface area contributed by atoms with Crippen molar-refractivity contribution in [2.75, 3.05) is 4.90 Å². The van der Waals surface area contributed by atoms with Gasteiger partial charge in [0.2, 0.25) is 5.91 Å². The van der Waals surface area contributed by atoms with E-state index >= 15 is 0 Å². The summed E-state index contributed by atoms with van der Waals surface area (Å²) in [7, 11) is 0. The van der Waals surface area contributed by atoms with E-state index in [-0.39, 0.29) is 24.7 Å². The first-order chi connectivity index (χ1) is 20.7. The van der Waals surface area contributed by atoms with Crippen molar-refractivity contribution >= 4 is 29.9 Å². The Hall–Kier alpha value is -4.77. The number of pyridine rings is 1. The predicted molar refractivity (Wildman–Crippen MR) is 160 cm³/mol. The van der Waals surface area contributed by atoms with Crippen molar-refractivity contribution in [3.8, 4) is 0 Å². The molecule has 11 heteroatoms. The highest BCUT2D eigenvalue weighted by Crippen LogP contribution is 2.33. The van der Waals surface area contributed by atoms with Crippen molar-refractivity contribution in [1.82, 2.24) is 9.88 Å². The maximum atomic E-state index is 13.4. The molecule has 0 radical (unpaired) electrons. The Morgan fingerprint density at radius 2 is 1.39 bits per heavy atom. The Balaban J connectivity index is 1.57. The van der Waals surface area contributed by atoms with Gasteiger partial charge in [0.15, 0.2) is 6.23 Å². The van der Waals surface area contributed by atoms with Gasteiger partial charge in [0.05, 0.1) is 11.5 Å². The molecule has 4 rings (SSSR count). The molecule has 11 nitrogen and oxygen atoms in total. The van der Waals surface area contributed by atoms with Crippen LogP contribution in [0.25, 0.3) is 0 Å². The van der Waals surface area contributed by atoms with Gasteiger partial charge in [0, 0.05) is 12.7 Å². The zero-order valence-electron chi connectivity index (χ0n) is 25.7. The van der Waals surface area contributed by atoms with Crippen molar-refractivity contribution in [1.29, 1.82) is 0 Å². The fourth-order valence-electron chi connectivity index (χ4n) is 4.41. The summed E-state index contributed by atoms with van der Waals surface area (Å²) in [5.74, 6) is -1.68. The summed E-state index contributed by atoms with van der Waals surface area (Å²) in [6.07, 6.45) is -1.25. The van der Waals surface area contributed by atoms with Crippen LogP contribution in [0.1, 0.15) is 63.0 Å². The summed E-state index contributed by atoms with van der Waals surface area (Å²) in [4.78, 5) is 69.3. The Labute approximate surface area is 256 Å². The molecular weight excluding hydrogens is 566 g/mol. The second-order valence-electron chi connectivity index (χ2n) is 12.3. The van der Waals surface area contributed by atoms with Crippen molar-refractivity contribution in [3.05, 3.63) is 95.7 Å². The van der Waals surface area contributed by atoms with E-state index in [1.54, 1.807) is 77.9 Å². The molecule has 1 saturated heterocycles. The van der Waals surface area contributed by atoms with Crippen molar-refractivity contribution in [3.63, 3.8) is 0 Å². The number of β-lactam (4-membered cyclic amide) rings is 1. The van der Waals surface area contributed by atoms with Gasteiger partial charge in [-0.25, -0.2) is 19.4 Å². The lowest BCUT2D eigenvalue weighted by Crippen LogP contribution is -2.62. The van der Waals surface area contributed by atoms with Gasteiger partial charge in [-0.05, 0) is 83.4 Å². The lowest BCUT2D eigenvalue weighted by Gasteiger charge is -2.45. The van der Waals surface area contributed by atoms with E-state index in [9.17, 15) is 19.2 Å². The number of likely N-dealkylation sites (tertiary alicyclic amines) is 1. The zero-order chi connectivity index (χ0) is 32.1. The van der Waals surface area contributed by atoms with Crippen LogP contribution in [0, 0.1) is 5.92 Å². The normalized spacial score (nSPS) is 16.5. The van der Waals surface area contributed by atoms with E-state index in [4.69, 9.17) is 19.2 Å². The number of hydrogen-bond acceptors (Lipinski definition) is 9. The Kier molecular flexibility index (Phi) is 9.68. The Morgan fingerprint density at radius 3 is 1.95 bits per heavy atom. The summed E-state index contributed by atoms with van der Waals surface area (Å²) in [6.45, 7) is 10.3. The molecule has 1 aliphatic heterocycles. The monoisotopic (exact) mass is 603 g/mol. The van der Waals surface area contributed by atoms with Gasteiger partial charge in [0.25, 0.3) is 0 Å². The van der Waals surface area contributed by atoms with E-state index in [1.165, 1.54) is 17.2 Å². The van der Waals surface area contributed by atoms with Gasteiger partial charge < -0.3 is 14.4 Å². The Bertz CT molecular complexity index is 1450. The third-order valence-corrected chi connectivity index (χ3v) is 6.33. The summed E-state index contributed by atoms with van der Waals surface area (Å²) >= 11 is 0. The van der Waals surface area contributed by atoms with Gasteiger partial charge in [-0.15, -0.1) is 0 Å². The molecule has 0 saturated carbocycles. The second-order valence-corrected chi connectivity index (χ2v) is 12.3. The first-order valence-corrected chi connectivity index (χ1v) is 14.2. The fourth-order valence-corrected chi connectivity index (χ4v) is 4.41. The van der Waals surface area contributed by atoms with Crippen molar-refractivity contribution in [2.45, 2.75) is 71.9 Å². The number of hydrogen-bond donors (Lipinski definition) is 0. The van der Waals surface area contributed by atoms with Gasteiger partial charge in [-0.3, -0.25) is 9.68 Å². The summed E-state index contributed by atoms with van der Waals surface area (Å²) < 4.78 is 10.9. The standard InChI is InChI=1S/C33H37N3O8/c1-32(2,3)41-30(39)36(31(40)42-33(4,5)6)26-20-23(17-18-34-26)19-25-27(37)35(21-22-13-9-7-10-14-22)28(25)43-44-29(38)24-15-11-8-12-16-24/h7-18,20,25,28H,19,21H2,1-6H3/t25-,28+/m0/s1. The van der Waals surface area contributed by atoms with Crippen LogP contribution < -0.4 is 4.90 Å². The van der Waals surface area contributed by atoms with Gasteiger partial charge >= 0.3 is 18.2 Å². The molecule has 0 spiro atoms. The van der Waals surface area contributed by atoms with Crippen LogP contribution in [0.4, 0.5) is 15.4 Å². The predicted octanol–water partition coefficient (Wildman–Crippen LogP) is 6.07. The number of imide groups is 1. The lowest BCUT2D eigenvalue weighted by molar-refractivity contribution is -0.335. The number of ether oxygens (including phenoxy) is 2. The van der Waals surface area contributed by atoms with Gasteiger partial charge in [-0.1, -0.05) is 48.5 Å². The molecule has 44 heavy (non-hydrogen) atoms. The molecule has 3 aromatic rings.